The van der Waals surface area contributed by atoms with Crippen molar-refractivity contribution in [3.8, 4) is 0 Å². The van der Waals surface area contributed by atoms with E-state index >= 15 is 0 Å². The summed E-state index contributed by atoms with van der Waals surface area (Å²) < 4.78 is 0. The highest BCUT2D eigenvalue weighted by Crippen LogP contribution is 2.44. The average Bonchev–Trinajstić information content (AvgIpc) is 3.03. The van der Waals surface area contributed by atoms with Crippen LogP contribution >= 0.6 is 0 Å². The van der Waals surface area contributed by atoms with Gasteiger partial charge in [-0.25, -0.2) is 0 Å². The maximum Gasteiger partial charge on any atom is 0.0338 e. The smallest absolute Gasteiger partial charge is 0.0338 e. The second-order valence-corrected chi connectivity index (χ2v) is 6.32. The maximum atomic E-state index is 3.71. The summed E-state index contributed by atoms with van der Waals surface area (Å²) in [5, 5.41) is 3.71. The molecule has 1 saturated heterocycles. The summed E-state index contributed by atoms with van der Waals surface area (Å²) >= 11 is 0. The number of allylic oxidation sites excluding steroid dienone is 1. The third kappa shape index (κ3) is 2.33. The van der Waals surface area contributed by atoms with Gasteiger partial charge in [-0.2, -0.15) is 0 Å². The van der Waals surface area contributed by atoms with E-state index in [1.54, 1.807) is 0 Å². The quantitative estimate of drug-likeness (QED) is 0.738. The van der Waals surface area contributed by atoms with Crippen LogP contribution in [0.1, 0.15) is 40.5 Å². The highest BCUT2D eigenvalue weighted by Gasteiger charge is 2.49. The molecule has 0 bridgehead atoms. The van der Waals surface area contributed by atoms with Crippen LogP contribution in [0.4, 0.5) is 0 Å². The van der Waals surface area contributed by atoms with Crippen molar-refractivity contribution in [3.05, 3.63) is 12.2 Å². The largest absolute Gasteiger partial charge is 0.309 e. The van der Waals surface area contributed by atoms with Crippen molar-refractivity contribution < 1.29 is 0 Å². The lowest BCUT2D eigenvalue weighted by Gasteiger charge is -2.51. The summed E-state index contributed by atoms with van der Waals surface area (Å²) in [6, 6.07) is 0. The van der Waals surface area contributed by atoms with Crippen LogP contribution in [0.3, 0.4) is 0 Å². The van der Waals surface area contributed by atoms with E-state index in [-0.39, 0.29) is 5.54 Å². The number of nitrogens with one attached hydrogen (secondary N) is 1. The van der Waals surface area contributed by atoms with E-state index in [9.17, 15) is 0 Å². The summed E-state index contributed by atoms with van der Waals surface area (Å²) in [6.45, 7) is 12.6. The van der Waals surface area contributed by atoms with Crippen molar-refractivity contribution in [2.45, 2.75) is 51.6 Å². The van der Waals surface area contributed by atoms with Gasteiger partial charge in [0.2, 0.25) is 0 Å². The molecule has 1 aliphatic carbocycles. The number of hydrogen-bond acceptors (Lipinski definition) is 2. The van der Waals surface area contributed by atoms with Crippen LogP contribution in [0.25, 0.3) is 0 Å². The Hall–Kier alpha value is -0.340. The molecule has 1 heterocycles. The van der Waals surface area contributed by atoms with Crippen LogP contribution in [0.15, 0.2) is 12.2 Å². The van der Waals surface area contributed by atoms with Crippen molar-refractivity contribution in [2.75, 3.05) is 19.6 Å². The molecule has 92 valence electrons. The lowest BCUT2D eigenvalue weighted by molar-refractivity contribution is 0.0216. The molecule has 1 aliphatic heterocycles. The fraction of sp³-hybridized carbons (Fsp3) is 0.857. The Morgan fingerprint density at radius 2 is 2.00 bits per heavy atom. The maximum absolute atomic E-state index is 3.71. The Morgan fingerprint density at radius 3 is 2.56 bits per heavy atom. The first-order chi connectivity index (χ1) is 7.48. The first-order valence-corrected chi connectivity index (χ1v) is 6.59. The molecule has 0 aromatic rings. The van der Waals surface area contributed by atoms with Gasteiger partial charge in [0.05, 0.1) is 0 Å². The van der Waals surface area contributed by atoms with Crippen molar-refractivity contribution >= 4 is 0 Å². The summed E-state index contributed by atoms with van der Waals surface area (Å²) in [4.78, 5) is 2.68. The van der Waals surface area contributed by atoms with Gasteiger partial charge in [-0.05, 0) is 46.5 Å². The van der Waals surface area contributed by atoms with Gasteiger partial charge in [-0.1, -0.05) is 12.2 Å². The van der Waals surface area contributed by atoms with Gasteiger partial charge < -0.3 is 5.32 Å². The van der Waals surface area contributed by atoms with Crippen molar-refractivity contribution in [1.29, 1.82) is 0 Å². The molecule has 0 spiro atoms. The van der Waals surface area contributed by atoms with Crippen molar-refractivity contribution in [1.82, 2.24) is 10.2 Å². The SMILES string of the molecule is C/C=C/CN1CC(C)(C)NCC1(C)C1CC1. The van der Waals surface area contributed by atoms with E-state index in [4.69, 9.17) is 0 Å². The minimum atomic E-state index is 0.260. The van der Waals surface area contributed by atoms with Crippen LogP contribution < -0.4 is 5.32 Å². The van der Waals surface area contributed by atoms with Gasteiger partial charge in [-0.3, -0.25) is 4.90 Å². The third-order valence-electron chi connectivity index (χ3n) is 4.25. The molecule has 0 aromatic heterocycles. The Morgan fingerprint density at radius 1 is 1.31 bits per heavy atom. The molecule has 1 N–H and O–H groups in total. The highest BCUT2D eigenvalue weighted by molar-refractivity contribution is 5.08. The van der Waals surface area contributed by atoms with E-state index in [2.05, 4.69) is 50.1 Å². The van der Waals surface area contributed by atoms with Crippen molar-refractivity contribution in [3.63, 3.8) is 0 Å². The monoisotopic (exact) mass is 222 g/mol. The number of nitrogens with zero attached hydrogens (tertiary/aromatic N) is 1. The van der Waals surface area contributed by atoms with Crippen molar-refractivity contribution in [2.24, 2.45) is 5.92 Å². The van der Waals surface area contributed by atoms with Crippen LogP contribution in [-0.4, -0.2) is 35.6 Å². The van der Waals surface area contributed by atoms with Gasteiger partial charge in [-0.15, -0.1) is 0 Å². The van der Waals surface area contributed by atoms with Crippen LogP contribution in [0.2, 0.25) is 0 Å². The van der Waals surface area contributed by atoms with Gasteiger partial charge in [0.15, 0.2) is 0 Å². The molecule has 0 aromatic carbocycles. The van der Waals surface area contributed by atoms with Crippen LogP contribution in [0, 0.1) is 5.92 Å². The van der Waals surface area contributed by atoms with Crippen LogP contribution in [-0.2, 0) is 0 Å². The summed E-state index contributed by atoms with van der Waals surface area (Å²) in [5.74, 6) is 0.918. The molecule has 2 heteroatoms. The summed E-state index contributed by atoms with van der Waals surface area (Å²) in [7, 11) is 0. The lowest BCUT2D eigenvalue weighted by Crippen LogP contribution is -2.68. The molecule has 0 radical (unpaired) electrons. The molecule has 1 unspecified atom stereocenters. The normalized spacial score (nSPS) is 35.8. The molecule has 2 rings (SSSR count). The Labute approximate surface area is 100 Å². The summed E-state index contributed by atoms with van der Waals surface area (Å²) in [5.41, 5.74) is 0.644. The van der Waals surface area contributed by atoms with E-state index < -0.39 is 0 Å². The Kier molecular flexibility index (Phi) is 3.15. The second-order valence-electron chi connectivity index (χ2n) is 6.32. The molecular formula is C14H26N2. The van der Waals surface area contributed by atoms with Gasteiger partial charge in [0.1, 0.15) is 0 Å². The van der Waals surface area contributed by atoms with Gasteiger partial charge >= 0.3 is 0 Å². The predicted molar refractivity (Wildman–Crippen MR) is 69.6 cm³/mol. The highest BCUT2D eigenvalue weighted by atomic mass is 15.3. The van der Waals surface area contributed by atoms with E-state index in [1.165, 1.54) is 12.8 Å². The fourth-order valence-electron chi connectivity index (χ4n) is 2.86. The first-order valence-electron chi connectivity index (χ1n) is 6.59. The third-order valence-corrected chi connectivity index (χ3v) is 4.25. The minimum absolute atomic E-state index is 0.260. The topological polar surface area (TPSA) is 15.3 Å². The molecule has 1 saturated carbocycles. The van der Waals surface area contributed by atoms with Crippen LogP contribution in [0.5, 0.6) is 0 Å². The average molecular weight is 222 g/mol. The zero-order valence-corrected chi connectivity index (χ0v) is 11.2. The molecule has 16 heavy (non-hydrogen) atoms. The van der Waals surface area contributed by atoms with E-state index in [0.717, 1.165) is 25.6 Å². The Bertz CT molecular complexity index is 278. The number of hydrogen-bond donors (Lipinski definition) is 1. The zero-order valence-electron chi connectivity index (χ0n) is 11.2. The standard InChI is InChI=1S/C14H26N2/c1-5-6-9-16-11-13(2,3)15-10-14(16,4)12-7-8-12/h5-6,12,15H,7-11H2,1-4H3/b6-5+. The second kappa shape index (κ2) is 4.15. The molecule has 2 aliphatic rings. The number of rotatable bonds is 3. The lowest BCUT2D eigenvalue weighted by atomic mass is 9.86. The van der Waals surface area contributed by atoms with Gasteiger partial charge in [0, 0.05) is 30.7 Å². The minimum Gasteiger partial charge on any atom is -0.309 e. The van der Waals surface area contributed by atoms with Gasteiger partial charge in [0.25, 0.3) is 0 Å². The van der Waals surface area contributed by atoms with E-state index in [0.29, 0.717) is 5.54 Å². The fourth-order valence-corrected chi connectivity index (χ4v) is 2.86. The molecule has 1 atom stereocenters. The van der Waals surface area contributed by atoms with E-state index in [1.807, 2.05) is 0 Å². The molecule has 0 amide bonds. The zero-order chi connectivity index (χ0) is 11.8. The Balaban J connectivity index is 2.10. The molecule has 2 nitrogen and oxygen atoms in total. The molecule has 2 fully saturated rings. The predicted octanol–water partition coefficient (Wildman–Crippen LogP) is 2.42. The summed E-state index contributed by atoms with van der Waals surface area (Å²) in [6.07, 6.45) is 7.31. The first kappa shape index (κ1) is 12.1. The number of piperazine rings is 1. The molecular weight excluding hydrogens is 196 g/mol.